The fourth-order valence-corrected chi connectivity index (χ4v) is 7.93. The average molecular weight is 683 g/mol. The number of nitrogens with one attached hydrogen (secondary N) is 2. The number of alkyl halides is 3. The first kappa shape index (κ1) is 35.5. The third kappa shape index (κ3) is 7.70. The summed E-state index contributed by atoms with van der Waals surface area (Å²) in [4.78, 5) is 17.0. The fourth-order valence-electron chi connectivity index (χ4n) is 7.93. The molecule has 6 atom stereocenters. The minimum atomic E-state index is -4.49. The number of rotatable bonds is 10. The van der Waals surface area contributed by atoms with Gasteiger partial charge in [-0.25, -0.2) is 4.79 Å². The van der Waals surface area contributed by atoms with Gasteiger partial charge in [-0.2, -0.15) is 18.4 Å². The Labute approximate surface area is 292 Å². The monoisotopic (exact) mass is 682 g/mol. The molecule has 260 valence electrons. The Morgan fingerprint density at radius 2 is 1.78 bits per heavy atom. The Balaban J connectivity index is 1.00. The average Bonchev–Trinajstić information content (AvgIpc) is 3.46. The number of aryl methyl sites for hydroxylation is 1. The number of urea groups is 1. The van der Waals surface area contributed by atoms with E-state index in [1.165, 1.54) is 6.07 Å². The van der Waals surface area contributed by atoms with Crippen molar-refractivity contribution in [2.24, 2.45) is 17.3 Å². The highest BCUT2D eigenvalue weighted by atomic mass is 19.4. The molecule has 3 saturated carbocycles. The molecule has 1 aliphatic heterocycles. The van der Waals surface area contributed by atoms with Crippen molar-refractivity contribution in [3.8, 4) is 17.9 Å². The molecule has 2 N–H and O–H groups in total. The number of amides is 2. The molecule has 50 heavy (non-hydrogen) atoms. The third-order valence-corrected chi connectivity index (χ3v) is 10.9. The van der Waals surface area contributed by atoms with E-state index in [2.05, 4.69) is 54.3 Å². The van der Waals surface area contributed by atoms with Crippen LogP contribution in [-0.4, -0.2) is 42.3 Å². The van der Waals surface area contributed by atoms with Crippen molar-refractivity contribution in [2.75, 3.05) is 6.54 Å². The Morgan fingerprint density at radius 3 is 2.46 bits per heavy atom. The molecule has 0 spiro atoms. The van der Waals surface area contributed by atoms with E-state index in [0.29, 0.717) is 44.1 Å². The lowest BCUT2D eigenvalue weighted by molar-refractivity contribution is -0.199. The molecule has 11 heteroatoms. The van der Waals surface area contributed by atoms with Gasteiger partial charge in [-0.1, -0.05) is 74.4 Å². The lowest BCUT2D eigenvalue weighted by Crippen LogP contribution is -2.65. The quantitative estimate of drug-likeness (QED) is 0.176. The summed E-state index contributed by atoms with van der Waals surface area (Å²) >= 11 is 0. The predicted molar refractivity (Wildman–Crippen MR) is 184 cm³/mol. The predicted octanol–water partition coefficient (Wildman–Crippen LogP) is 7.06. The van der Waals surface area contributed by atoms with Gasteiger partial charge in [-0.05, 0) is 85.1 Å². The van der Waals surface area contributed by atoms with Crippen molar-refractivity contribution in [1.82, 2.24) is 15.6 Å². The second kappa shape index (κ2) is 14.5. The van der Waals surface area contributed by atoms with Crippen molar-refractivity contribution in [3.63, 3.8) is 0 Å². The van der Waals surface area contributed by atoms with Gasteiger partial charge in [0.25, 0.3) is 0 Å². The number of pyridine rings is 1. The molecule has 7 nitrogen and oxygen atoms in total. The van der Waals surface area contributed by atoms with Crippen molar-refractivity contribution >= 4 is 13.1 Å². The molecule has 1 unspecified atom stereocenters. The largest absolute Gasteiger partial charge is 0.482 e. The zero-order chi connectivity index (χ0) is 35.5. The van der Waals surface area contributed by atoms with Gasteiger partial charge in [0.05, 0.1) is 35.0 Å². The number of hydrogen-bond donors (Lipinski definition) is 2. The molecule has 1 aromatic heterocycles. The SMILES string of the molecule is CC1(C)[C@@H]2C[C@H]3OB([C@H](Cc4ccccc4)NC(=O)NCCc4cccc(CCC#CC(C#N)c5ccc(C(F)(F)F)cn5)c4)O[C@@]3(C)[C@H]1C2. The zero-order valence-electron chi connectivity index (χ0n) is 28.6. The van der Waals surface area contributed by atoms with Gasteiger partial charge in [0, 0.05) is 19.2 Å². The number of hydrogen-bond acceptors (Lipinski definition) is 5. The number of benzene rings is 2. The van der Waals surface area contributed by atoms with Gasteiger partial charge in [0.2, 0.25) is 0 Å². The number of nitrogens with zero attached hydrogens (tertiary/aromatic N) is 2. The maximum absolute atomic E-state index is 13.2. The highest BCUT2D eigenvalue weighted by Gasteiger charge is 2.68. The van der Waals surface area contributed by atoms with Crippen molar-refractivity contribution in [3.05, 3.63) is 101 Å². The van der Waals surface area contributed by atoms with Crippen LogP contribution in [-0.2, 0) is 34.7 Å². The van der Waals surface area contributed by atoms with Crippen LogP contribution in [0.1, 0.15) is 73.9 Å². The Morgan fingerprint density at radius 1 is 1.04 bits per heavy atom. The summed E-state index contributed by atoms with van der Waals surface area (Å²) in [5, 5.41) is 15.6. The van der Waals surface area contributed by atoms with E-state index in [-0.39, 0.29) is 34.8 Å². The van der Waals surface area contributed by atoms with Gasteiger partial charge < -0.3 is 19.9 Å². The van der Waals surface area contributed by atoms with Crippen LogP contribution in [0.25, 0.3) is 0 Å². The fraction of sp³-hybridized carbons (Fsp3) is 0.462. The van der Waals surface area contributed by atoms with Crippen LogP contribution in [0.3, 0.4) is 0 Å². The van der Waals surface area contributed by atoms with E-state index >= 15 is 0 Å². The summed E-state index contributed by atoms with van der Waals surface area (Å²) in [6.07, 6.45) is 0.707. The molecule has 2 aromatic carbocycles. The van der Waals surface area contributed by atoms with Crippen LogP contribution in [0.5, 0.6) is 0 Å². The van der Waals surface area contributed by atoms with E-state index in [1.807, 2.05) is 54.6 Å². The Bertz CT molecular complexity index is 1770. The second-order valence-corrected chi connectivity index (χ2v) is 14.5. The lowest BCUT2D eigenvalue weighted by Gasteiger charge is -2.64. The summed E-state index contributed by atoms with van der Waals surface area (Å²) in [6, 6.07) is 21.9. The molecule has 2 bridgehead atoms. The van der Waals surface area contributed by atoms with Gasteiger partial charge in [0.1, 0.15) is 5.92 Å². The highest BCUT2D eigenvalue weighted by molar-refractivity contribution is 6.48. The van der Waals surface area contributed by atoms with E-state index in [9.17, 15) is 23.2 Å². The summed E-state index contributed by atoms with van der Waals surface area (Å²) in [6.45, 7) is 7.28. The van der Waals surface area contributed by atoms with Crippen LogP contribution in [0.15, 0.2) is 72.9 Å². The normalized spacial score (nSPS) is 24.4. The zero-order valence-corrected chi connectivity index (χ0v) is 28.6. The van der Waals surface area contributed by atoms with E-state index in [0.717, 1.165) is 41.8 Å². The number of aromatic nitrogens is 1. The van der Waals surface area contributed by atoms with E-state index in [4.69, 9.17) is 9.31 Å². The maximum Gasteiger partial charge on any atom is 0.482 e. The summed E-state index contributed by atoms with van der Waals surface area (Å²) < 4.78 is 51.8. The number of halogens is 3. The van der Waals surface area contributed by atoms with Crippen LogP contribution < -0.4 is 10.6 Å². The van der Waals surface area contributed by atoms with E-state index in [1.54, 1.807) is 0 Å². The molecule has 0 radical (unpaired) electrons. The minimum Gasteiger partial charge on any atom is -0.404 e. The lowest BCUT2D eigenvalue weighted by atomic mass is 9.43. The molecule has 2 amide bonds. The first-order chi connectivity index (χ1) is 23.9. The molecule has 3 aliphatic carbocycles. The topological polar surface area (TPSA) is 96.3 Å². The summed E-state index contributed by atoms with van der Waals surface area (Å²) in [7, 11) is -0.541. The first-order valence-electron chi connectivity index (χ1n) is 17.3. The van der Waals surface area contributed by atoms with Crippen molar-refractivity contribution in [2.45, 2.75) is 89.0 Å². The van der Waals surface area contributed by atoms with Gasteiger partial charge >= 0.3 is 19.3 Å². The number of carbonyl (C=O) groups is 1. The number of nitriles is 1. The first-order valence-corrected chi connectivity index (χ1v) is 17.3. The minimum absolute atomic E-state index is 0.0227. The van der Waals surface area contributed by atoms with Crippen LogP contribution in [0.2, 0.25) is 0 Å². The van der Waals surface area contributed by atoms with Gasteiger partial charge in [-0.3, -0.25) is 4.98 Å². The van der Waals surface area contributed by atoms with Gasteiger partial charge in [-0.15, -0.1) is 5.92 Å². The molecular formula is C39H42BF3N4O3. The molecule has 1 saturated heterocycles. The number of carbonyl (C=O) groups excluding carboxylic acids is 1. The smallest absolute Gasteiger partial charge is 0.404 e. The molecule has 7 rings (SSSR count). The van der Waals surface area contributed by atoms with Crippen LogP contribution in [0, 0.1) is 40.4 Å². The Kier molecular flexibility index (Phi) is 10.3. The van der Waals surface area contributed by atoms with Crippen LogP contribution in [0.4, 0.5) is 18.0 Å². The molecular weight excluding hydrogens is 640 g/mol. The van der Waals surface area contributed by atoms with E-state index < -0.39 is 24.8 Å². The van der Waals surface area contributed by atoms with Crippen molar-refractivity contribution in [1.29, 1.82) is 5.26 Å². The molecule has 4 fully saturated rings. The Hall–Kier alpha value is -4.32. The van der Waals surface area contributed by atoms with Gasteiger partial charge in [0.15, 0.2) is 0 Å². The second-order valence-electron chi connectivity index (χ2n) is 14.5. The highest BCUT2D eigenvalue weighted by Crippen LogP contribution is 2.65. The van der Waals surface area contributed by atoms with Crippen LogP contribution >= 0.6 is 0 Å². The molecule has 3 aromatic rings. The van der Waals surface area contributed by atoms with Crippen molar-refractivity contribution < 1.29 is 27.3 Å². The molecule has 2 heterocycles. The maximum atomic E-state index is 13.2. The standard InChI is InChI=1S/C39H42BF3N4O3/c1-37(2)31-22-33(37)38(3)34(23-31)49-40(50-38)35(21-27-10-5-4-6-11-27)47-36(48)45-19-18-28-14-9-13-26(20-28)12-7-8-15-29(24-44)32-17-16-30(25-46-32)39(41,42)43/h4-6,9-11,13-14,16-17,20,25,29,31,33-35H,7,12,18-19,21-23H2,1-3H3,(H2,45,47,48)/t29?,31-,33-,34+,35-,38-/m0/s1. The summed E-state index contributed by atoms with van der Waals surface area (Å²) in [5.74, 6) is 5.59. The molecule has 4 aliphatic rings. The summed E-state index contributed by atoms with van der Waals surface area (Å²) in [5.41, 5.74) is 2.38. The third-order valence-electron chi connectivity index (χ3n) is 10.9.